The molecule has 0 saturated carbocycles. The average Bonchev–Trinajstić information content (AvgIpc) is 2.19. The van der Waals surface area contributed by atoms with Gasteiger partial charge in [-0.15, -0.1) is 0 Å². The van der Waals surface area contributed by atoms with Crippen LogP contribution in [-0.4, -0.2) is 18.3 Å². The summed E-state index contributed by atoms with van der Waals surface area (Å²) in [5.74, 6) is -5.31. The summed E-state index contributed by atoms with van der Waals surface area (Å²) >= 11 is 4.47. The molecule has 0 unspecified atom stereocenters. The summed E-state index contributed by atoms with van der Waals surface area (Å²) in [6, 6.07) is 0.980. The minimum Gasteiger partial charge on any atom is -0.494 e. The number of rotatable bonds is 3. The highest BCUT2D eigenvalue weighted by molar-refractivity contribution is 6.35. The average molecular weight is 257 g/mol. The molecule has 0 radical (unpaired) electrons. The van der Waals surface area contributed by atoms with Gasteiger partial charge in [-0.2, -0.15) is 13.2 Å². The Morgan fingerprint density at radius 2 is 1.94 bits per heavy atom. The van der Waals surface area contributed by atoms with Crippen molar-refractivity contribution in [3.63, 3.8) is 0 Å². The number of hydrogen-bond donors (Lipinski definition) is 0. The molecular formula is C9H5ClF4O2. The van der Waals surface area contributed by atoms with Gasteiger partial charge in [0.15, 0.2) is 11.6 Å². The number of ether oxygens (including phenoxy) is 1. The molecule has 0 aliphatic carbocycles. The summed E-state index contributed by atoms with van der Waals surface area (Å²) in [6.45, 7) is 0. The Morgan fingerprint density at radius 3 is 2.38 bits per heavy atom. The maximum absolute atomic E-state index is 12.9. The molecule has 7 heteroatoms. The first-order valence-electron chi connectivity index (χ1n) is 3.92. The van der Waals surface area contributed by atoms with Crippen LogP contribution in [0.2, 0.25) is 0 Å². The van der Waals surface area contributed by atoms with Crippen molar-refractivity contribution in [2.75, 3.05) is 7.11 Å². The number of hydrogen-bond acceptors (Lipinski definition) is 2. The van der Waals surface area contributed by atoms with Gasteiger partial charge in [0.2, 0.25) is 11.6 Å². The lowest BCUT2D eigenvalue weighted by molar-refractivity contribution is 0.0535. The monoisotopic (exact) mass is 256 g/mol. The third-order valence-corrected chi connectivity index (χ3v) is 1.91. The van der Waals surface area contributed by atoms with E-state index < -0.39 is 34.1 Å². The Bertz CT molecular complexity index is 428. The largest absolute Gasteiger partial charge is 0.494 e. The Labute approximate surface area is 92.8 Å². The van der Waals surface area contributed by atoms with E-state index in [1.54, 1.807) is 0 Å². The van der Waals surface area contributed by atoms with Gasteiger partial charge in [0.25, 0.3) is 0 Å². The Hall–Kier alpha value is -1.30. The molecule has 0 aliphatic rings. The van der Waals surface area contributed by atoms with Crippen LogP contribution in [0.25, 0.3) is 0 Å². The number of halogens is 5. The zero-order chi connectivity index (χ0) is 12.5. The van der Waals surface area contributed by atoms with Crippen molar-refractivity contribution in [2.45, 2.75) is 5.38 Å². The second-order valence-corrected chi connectivity index (χ2v) is 3.28. The lowest BCUT2D eigenvalue weighted by atomic mass is 10.1. The van der Waals surface area contributed by atoms with Crippen molar-refractivity contribution in [3.8, 4) is 5.75 Å². The zero-order valence-corrected chi connectivity index (χ0v) is 8.62. The van der Waals surface area contributed by atoms with Crippen LogP contribution >= 0.6 is 11.6 Å². The zero-order valence-electron chi connectivity index (χ0n) is 7.86. The maximum Gasteiger partial charge on any atom is 0.384 e. The van der Waals surface area contributed by atoms with E-state index in [0.717, 1.165) is 7.11 Å². The smallest absolute Gasteiger partial charge is 0.384 e. The van der Waals surface area contributed by atoms with E-state index in [9.17, 15) is 22.4 Å². The predicted molar refractivity (Wildman–Crippen MR) is 48.0 cm³/mol. The van der Waals surface area contributed by atoms with Crippen molar-refractivity contribution >= 4 is 17.4 Å². The molecule has 0 N–H and O–H groups in total. The molecule has 0 aromatic heterocycles. The summed E-state index contributed by atoms with van der Waals surface area (Å²) < 4.78 is 55.0. The fraction of sp³-hybridized carbons (Fsp3) is 0.222. The van der Waals surface area contributed by atoms with Crippen LogP contribution in [0.1, 0.15) is 10.4 Å². The molecule has 0 amide bonds. The molecule has 0 fully saturated rings. The normalized spacial score (nSPS) is 11.4. The number of alkyl halides is 3. The molecule has 0 spiro atoms. The molecule has 1 aromatic carbocycles. The molecular weight excluding hydrogens is 252 g/mol. The first kappa shape index (κ1) is 12.8. The quantitative estimate of drug-likeness (QED) is 0.472. The number of carbonyl (C=O) groups excluding carboxylic acids is 1. The van der Waals surface area contributed by atoms with Gasteiger partial charge < -0.3 is 4.74 Å². The van der Waals surface area contributed by atoms with Gasteiger partial charge in [-0.1, -0.05) is 0 Å². The second-order valence-electron chi connectivity index (χ2n) is 2.80. The predicted octanol–water partition coefficient (Wildman–Crippen LogP) is 2.99. The van der Waals surface area contributed by atoms with Gasteiger partial charge in [0, 0.05) is 5.56 Å². The summed E-state index contributed by atoms with van der Waals surface area (Å²) in [6.07, 6.45) is 0. The van der Waals surface area contributed by atoms with Crippen LogP contribution in [0.4, 0.5) is 17.6 Å². The highest BCUT2D eigenvalue weighted by Crippen LogP contribution is 2.28. The lowest BCUT2D eigenvalue weighted by Gasteiger charge is -2.09. The number of benzene rings is 1. The van der Waals surface area contributed by atoms with Crippen LogP contribution in [0.5, 0.6) is 5.75 Å². The van der Waals surface area contributed by atoms with Gasteiger partial charge in [-0.25, -0.2) is 4.39 Å². The van der Waals surface area contributed by atoms with Crippen molar-refractivity contribution in [1.29, 1.82) is 0 Å². The third-order valence-electron chi connectivity index (χ3n) is 1.73. The third kappa shape index (κ3) is 2.44. The standard InChI is InChI=1S/C9H5ClF4O2/c1-16-6-3-4(2-5(11)7(6)12)8(15)9(10,13)14/h2-3H,1H3. The van der Waals surface area contributed by atoms with Crippen LogP contribution in [-0.2, 0) is 0 Å². The van der Waals surface area contributed by atoms with E-state index in [1.165, 1.54) is 0 Å². The summed E-state index contributed by atoms with van der Waals surface area (Å²) in [5.41, 5.74) is -0.768. The van der Waals surface area contributed by atoms with E-state index >= 15 is 0 Å². The van der Waals surface area contributed by atoms with Crippen LogP contribution in [0.3, 0.4) is 0 Å². The minimum absolute atomic E-state index is 0.330. The summed E-state index contributed by atoms with van der Waals surface area (Å²) in [4.78, 5) is 11.0. The highest BCUT2D eigenvalue weighted by Gasteiger charge is 2.37. The van der Waals surface area contributed by atoms with Gasteiger partial charge in [0.05, 0.1) is 7.11 Å². The Kier molecular flexibility index (Phi) is 3.42. The van der Waals surface area contributed by atoms with Gasteiger partial charge >= 0.3 is 5.38 Å². The van der Waals surface area contributed by atoms with E-state index in [-0.39, 0.29) is 0 Å². The molecule has 88 valence electrons. The number of methoxy groups -OCH3 is 1. The Balaban J connectivity index is 3.27. The molecule has 0 bridgehead atoms. The van der Waals surface area contributed by atoms with Crippen molar-refractivity contribution in [1.82, 2.24) is 0 Å². The van der Waals surface area contributed by atoms with E-state index in [0.29, 0.717) is 12.1 Å². The molecule has 0 heterocycles. The van der Waals surface area contributed by atoms with Crippen molar-refractivity contribution in [2.24, 2.45) is 0 Å². The van der Waals surface area contributed by atoms with E-state index in [2.05, 4.69) is 16.3 Å². The minimum atomic E-state index is -4.17. The first-order chi connectivity index (χ1) is 7.27. The number of carbonyl (C=O) groups is 1. The van der Waals surface area contributed by atoms with Crippen molar-refractivity contribution in [3.05, 3.63) is 29.3 Å². The van der Waals surface area contributed by atoms with Crippen LogP contribution in [0, 0.1) is 11.6 Å². The molecule has 16 heavy (non-hydrogen) atoms. The highest BCUT2D eigenvalue weighted by atomic mass is 35.5. The lowest BCUT2D eigenvalue weighted by Crippen LogP contribution is -2.21. The number of ketones is 1. The molecule has 2 nitrogen and oxygen atoms in total. The van der Waals surface area contributed by atoms with Gasteiger partial charge in [-0.3, -0.25) is 4.79 Å². The van der Waals surface area contributed by atoms with Crippen LogP contribution in [0.15, 0.2) is 12.1 Å². The molecule has 1 rings (SSSR count). The fourth-order valence-electron chi connectivity index (χ4n) is 1.01. The Morgan fingerprint density at radius 1 is 1.38 bits per heavy atom. The first-order valence-corrected chi connectivity index (χ1v) is 4.29. The SMILES string of the molecule is COc1cc(C(=O)C(F)(F)Cl)cc(F)c1F. The second kappa shape index (κ2) is 4.29. The fourth-order valence-corrected chi connectivity index (χ4v) is 1.12. The van der Waals surface area contributed by atoms with Crippen LogP contribution < -0.4 is 4.74 Å². The number of Topliss-reactive ketones (excluding diaryl/α,β-unsaturated/α-hetero) is 1. The molecule has 0 aliphatic heterocycles. The summed E-state index contributed by atoms with van der Waals surface area (Å²) in [7, 11) is 1.00. The molecule has 0 atom stereocenters. The molecule has 0 saturated heterocycles. The van der Waals surface area contributed by atoms with Gasteiger partial charge in [-0.05, 0) is 23.7 Å². The van der Waals surface area contributed by atoms with Crippen molar-refractivity contribution < 1.29 is 27.1 Å². The van der Waals surface area contributed by atoms with E-state index in [4.69, 9.17) is 0 Å². The summed E-state index contributed by atoms with van der Waals surface area (Å²) in [5, 5.41) is -4.17. The molecule has 1 aromatic rings. The topological polar surface area (TPSA) is 26.3 Å². The van der Waals surface area contributed by atoms with Gasteiger partial charge in [0.1, 0.15) is 0 Å². The van der Waals surface area contributed by atoms with E-state index in [1.807, 2.05) is 0 Å². The maximum atomic E-state index is 12.9.